The van der Waals surface area contributed by atoms with E-state index >= 15 is 0 Å². The number of rotatable bonds is 5. The second-order valence-electron chi connectivity index (χ2n) is 5.08. The molecule has 104 valence electrons. The maximum Gasteiger partial charge on any atom is 0.227 e. The molecule has 0 unspecified atom stereocenters. The van der Waals surface area contributed by atoms with Crippen molar-refractivity contribution < 1.29 is 9.59 Å². The molecule has 0 aliphatic carbocycles. The third-order valence-electron chi connectivity index (χ3n) is 2.68. The number of nitrogens with one attached hydrogen (secondary N) is 2. The van der Waals surface area contributed by atoms with Gasteiger partial charge in [0.25, 0.3) is 0 Å². The Hall–Kier alpha value is -1.55. The van der Waals surface area contributed by atoms with E-state index in [9.17, 15) is 9.59 Å². The number of carbonyl (C=O) groups excluding carboxylic acids is 2. The molecule has 0 saturated heterocycles. The maximum atomic E-state index is 11.8. The monoisotopic (exact) mass is 282 g/mol. The van der Waals surface area contributed by atoms with Crippen molar-refractivity contribution in [2.24, 2.45) is 5.41 Å². The minimum Gasteiger partial charge on any atom is -0.352 e. The van der Waals surface area contributed by atoms with Crippen LogP contribution in [-0.2, 0) is 16.1 Å². The molecule has 0 atom stereocenters. The molecule has 1 aromatic rings. The van der Waals surface area contributed by atoms with Gasteiger partial charge in [-0.15, -0.1) is 11.6 Å². The highest BCUT2D eigenvalue weighted by Crippen LogP contribution is 2.17. The van der Waals surface area contributed by atoms with E-state index in [1.807, 2.05) is 12.1 Å². The van der Waals surface area contributed by atoms with Crippen LogP contribution in [0.4, 0.5) is 5.69 Å². The van der Waals surface area contributed by atoms with Crippen LogP contribution in [0.5, 0.6) is 0 Å². The van der Waals surface area contributed by atoms with E-state index in [4.69, 9.17) is 11.6 Å². The second-order valence-corrected chi connectivity index (χ2v) is 5.35. The van der Waals surface area contributed by atoms with Crippen molar-refractivity contribution in [2.75, 3.05) is 11.2 Å². The molecule has 2 N–H and O–H groups in total. The van der Waals surface area contributed by atoms with Gasteiger partial charge in [-0.05, 0) is 31.5 Å². The van der Waals surface area contributed by atoms with Gasteiger partial charge in [0.2, 0.25) is 11.8 Å². The molecule has 2 amide bonds. The molecule has 0 fully saturated rings. The molecule has 0 saturated carbocycles. The van der Waals surface area contributed by atoms with Crippen molar-refractivity contribution >= 4 is 29.1 Å². The molecule has 0 radical (unpaired) electrons. The zero-order valence-electron chi connectivity index (χ0n) is 11.4. The van der Waals surface area contributed by atoms with Gasteiger partial charge >= 0.3 is 0 Å². The molecule has 5 heteroatoms. The summed E-state index contributed by atoms with van der Waals surface area (Å²) < 4.78 is 0. The summed E-state index contributed by atoms with van der Waals surface area (Å²) in [7, 11) is 0. The van der Waals surface area contributed by atoms with Gasteiger partial charge in [0.15, 0.2) is 0 Å². The zero-order valence-corrected chi connectivity index (χ0v) is 12.2. The van der Waals surface area contributed by atoms with Gasteiger partial charge in [0.1, 0.15) is 0 Å². The number of carbonyl (C=O) groups is 2. The molecular formula is C14H19ClN2O2. The molecular weight excluding hydrogens is 264 g/mol. The Labute approximate surface area is 118 Å². The summed E-state index contributed by atoms with van der Waals surface area (Å²) in [5.74, 6) is 0.0960. The summed E-state index contributed by atoms with van der Waals surface area (Å²) >= 11 is 5.74. The van der Waals surface area contributed by atoms with E-state index in [1.54, 1.807) is 26.0 Å². The molecule has 1 rings (SSSR count). The number of halogens is 1. The number of hydrogen-bond donors (Lipinski definition) is 2. The number of alkyl halides is 1. The average Bonchev–Trinajstić information content (AvgIpc) is 2.36. The summed E-state index contributed by atoms with van der Waals surface area (Å²) in [4.78, 5) is 22.7. The van der Waals surface area contributed by atoms with E-state index in [2.05, 4.69) is 10.6 Å². The molecule has 0 aliphatic heterocycles. The largest absolute Gasteiger partial charge is 0.352 e. The number of hydrogen-bond acceptors (Lipinski definition) is 2. The van der Waals surface area contributed by atoms with Crippen LogP contribution in [0.15, 0.2) is 24.3 Å². The molecule has 19 heavy (non-hydrogen) atoms. The lowest BCUT2D eigenvalue weighted by Gasteiger charge is -2.20. The van der Waals surface area contributed by atoms with Crippen molar-refractivity contribution in [3.05, 3.63) is 29.8 Å². The first-order valence-electron chi connectivity index (χ1n) is 6.06. The first-order chi connectivity index (χ1) is 8.85. The molecule has 0 aliphatic rings. The van der Waals surface area contributed by atoms with E-state index in [0.29, 0.717) is 6.54 Å². The fraction of sp³-hybridized carbons (Fsp3) is 0.429. The van der Waals surface area contributed by atoms with Gasteiger partial charge in [0, 0.05) is 25.0 Å². The van der Waals surface area contributed by atoms with Crippen LogP contribution in [-0.4, -0.2) is 17.7 Å². The van der Waals surface area contributed by atoms with Crippen molar-refractivity contribution in [3.63, 3.8) is 0 Å². The lowest BCUT2D eigenvalue weighted by atomic mass is 9.95. The fourth-order valence-electron chi connectivity index (χ4n) is 1.39. The van der Waals surface area contributed by atoms with E-state index in [0.717, 1.165) is 11.3 Å². The summed E-state index contributed by atoms with van der Waals surface area (Å²) in [5.41, 5.74) is 1.13. The third kappa shape index (κ3) is 4.91. The molecule has 4 nitrogen and oxygen atoms in total. The topological polar surface area (TPSA) is 58.2 Å². The first kappa shape index (κ1) is 15.5. The third-order valence-corrected chi connectivity index (χ3v) is 3.34. The normalized spacial score (nSPS) is 10.9. The highest BCUT2D eigenvalue weighted by atomic mass is 35.5. The van der Waals surface area contributed by atoms with Crippen molar-refractivity contribution in [3.8, 4) is 0 Å². The van der Waals surface area contributed by atoms with Gasteiger partial charge in [-0.2, -0.15) is 0 Å². The zero-order chi connectivity index (χ0) is 14.5. The Kier molecular flexibility index (Phi) is 5.36. The van der Waals surface area contributed by atoms with Crippen LogP contribution < -0.4 is 10.6 Å². The summed E-state index contributed by atoms with van der Waals surface area (Å²) in [5, 5.41) is 5.53. The predicted molar refractivity (Wildman–Crippen MR) is 77.1 cm³/mol. The minimum atomic E-state index is -0.572. The van der Waals surface area contributed by atoms with Gasteiger partial charge < -0.3 is 10.6 Å². The molecule has 1 aromatic carbocycles. The van der Waals surface area contributed by atoms with Crippen LogP contribution in [0.2, 0.25) is 0 Å². The van der Waals surface area contributed by atoms with Gasteiger partial charge in [-0.1, -0.05) is 12.1 Å². The summed E-state index contributed by atoms with van der Waals surface area (Å²) in [6.45, 7) is 5.51. The van der Waals surface area contributed by atoms with Crippen LogP contribution in [0, 0.1) is 5.41 Å². The van der Waals surface area contributed by atoms with Crippen LogP contribution >= 0.6 is 11.6 Å². The van der Waals surface area contributed by atoms with E-state index in [-0.39, 0.29) is 17.7 Å². The highest BCUT2D eigenvalue weighted by molar-refractivity contribution is 6.19. The lowest BCUT2D eigenvalue weighted by molar-refractivity contribution is -0.128. The van der Waals surface area contributed by atoms with Gasteiger partial charge in [-0.25, -0.2) is 0 Å². The van der Waals surface area contributed by atoms with Crippen LogP contribution in [0.1, 0.15) is 26.3 Å². The minimum absolute atomic E-state index is 0.0755. The van der Waals surface area contributed by atoms with E-state index in [1.165, 1.54) is 6.92 Å². The Balaban J connectivity index is 2.55. The number of amides is 2. The lowest BCUT2D eigenvalue weighted by Crippen LogP contribution is -2.37. The summed E-state index contributed by atoms with van der Waals surface area (Å²) in [6, 6.07) is 7.32. The Bertz CT molecular complexity index is 455. The molecule has 0 bridgehead atoms. The smallest absolute Gasteiger partial charge is 0.227 e. The Morgan fingerprint density at radius 3 is 2.26 bits per heavy atom. The predicted octanol–water partition coefficient (Wildman–Crippen LogP) is 2.53. The second kappa shape index (κ2) is 6.57. The van der Waals surface area contributed by atoms with Crippen LogP contribution in [0.25, 0.3) is 0 Å². The van der Waals surface area contributed by atoms with Gasteiger partial charge in [0.05, 0.1) is 5.41 Å². The van der Waals surface area contributed by atoms with Crippen molar-refractivity contribution in [1.29, 1.82) is 0 Å². The average molecular weight is 283 g/mol. The van der Waals surface area contributed by atoms with Crippen molar-refractivity contribution in [2.45, 2.75) is 27.3 Å². The van der Waals surface area contributed by atoms with E-state index < -0.39 is 5.41 Å². The van der Waals surface area contributed by atoms with Crippen molar-refractivity contribution in [1.82, 2.24) is 5.32 Å². The fourth-order valence-corrected chi connectivity index (χ4v) is 1.51. The maximum absolute atomic E-state index is 11.8. The molecule has 0 spiro atoms. The number of benzene rings is 1. The quantitative estimate of drug-likeness (QED) is 0.816. The van der Waals surface area contributed by atoms with Crippen LogP contribution in [0.3, 0.4) is 0 Å². The SMILES string of the molecule is CC(=O)Nc1ccc(CNC(=O)C(C)(C)CCl)cc1. The summed E-state index contributed by atoms with van der Waals surface area (Å²) in [6.07, 6.45) is 0. The molecule has 0 aromatic heterocycles. The van der Waals surface area contributed by atoms with Gasteiger partial charge in [-0.3, -0.25) is 9.59 Å². The molecule has 0 heterocycles. The Morgan fingerprint density at radius 1 is 1.21 bits per heavy atom. The standard InChI is InChI=1S/C14H19ClN2O2/c1-10(18)17-12-6-4-11(5-7-12)8-16-13(19)14(2,3)9-15/h4-7H,8-9H2,1-3H3,(H,16,19)(H,17,18). The first-order valence-corrected chi connectivity index (χ1v) is 6.59. The highest BCUT2D eigenvalue weighted by Gasteiger charge is 2.25. The Morgan fingerprint density at radius 2 is 1.79 bits per heavy atom. The number of anilines is 1.